The van der Waals surface area contributed by atoms with Crippen LogP contribution in [-0.4, -0.2) is 19.2 Å². The molecular formula is C23H23FN4O. The summed E-state index contributed by atoms with van der Waals surface area (Å²) >= 11 is 0. The number of pyridine rings is 1. The Morgan fingerprint density at radius 1 is 1.10 bits per heavy atom. The Morgan fingerprint density at radius 2 is 1.86 bits per heavy atom. The summed E-state index contributed by atoms with van der Waals surface area (Å²) < 4.78 is 17.0. The molecule has 6 heteroatoms. The van der Waals surface area contributed by atoms with Crippen molar-refractivity contribution in [3.63, 3.8) is 0 Å². The summed E-state index contributed by atoms with van der Waals surface area (Å²) in [6.45, 7) is 4.14. The predicted molar refractivity (Wildman–Crippen MR) is 112 cm³/mol. The fraction of sp³-hybridized carbons (Fsp3) is 0.348. The molecule has 0 saturated heterocycles. The minimum absolute atomic E-state index is 0.00728. The molecule has 3 heterocycles. The molecule has 5 rings (SSSR count). The van der Waals surface area contributed by atoms with E-state index < -0.39 is 0 Å². The SMILES string of the molecule is Cc1nn2c(ncc3c(=O)n(C4CCCCC4C)ccc32)c1-c1ccc(F)cc1. The highest BCUT2D eigenvalue weighted by molar-refractivity contribution is 5.86. The summed E-state index contributed by atoms with van der Waals surface area (Å²) in [7, 11) is 0. The molecule has 5 nitrogen and oxygen atoms in total. The number of hydrogen-bond acceptors (Lipinski definition) is 3. The first kappa shape index (κ1) is 18.0. The summed E-state index contributed by atoms with van der Waals surface area (Å²) in [6, 6.07) is 8.53. The van der Waals surface area contributed by atoms with Crippen molar-refractivity contribution in [2.24, 2.45) is 5.92 Å². The summed E-state index contributed by atoms with van der Waals surface area (Å²) in [6.07, 6.45) is 8.16. The molecule has 1 aromatic carbocycles. The molecule has 0 spiro atoms. The predicted octanol–water partition coefficient (Wildman–Crippen LogP) is 4.91. The van der Waals surface area contributed by atoms with Gasteiger partial charge in [-0.15, -0.1) is 0 Å². The third kappa shape index (κ3) is 2.85. The van der Waals surface area contributed by atoms with Gasteiger partial charge in [-0.25, -0.2) is 13.9 Å². The van der Waals surface area contributed by atoms with Crippen molar-refractivity contribution in [1.82, 2.24) is 19.2 Å². The summed E-state index contributed by atoms with van der Waals surface area (Å²) in [5.41, 5.74) is 3.92. The fourth-order valence-electron chi connectivity index (χ4n) is 4.72. The number of halogens is 1. The van der Waals surface area contributed by atoms with Gasteiger partial charge in [-0.2, -0.15) is 5.10 Å². The second-order valence-electron chi connectivity index (χ2n) is 8.12. The molecule has 2 atom stereocenters. The van der Waals surface area contributed by atoms with Crippen molar-refractivity contribution >= 4 is 16.6 Å². The van der Waals surface area contributed by atoms with E-state index in [1.807, 2.05) is 23.8 Å². The average Bonchev–Trinajstić information content (AvgIpc) is 3.06. The van der Waals surface area contributed by atoms with E-state index in [4.69, 9.17) is 0 Å². The highest BCUT2D eigenvalue weighted by Crippen LogP contribution is 2.33. The monoisotopic (exact) mass is 390 g/mol. The molecule has 1 aliphatic rings. The van der Waals surface area contributed by atoms with Crippen LogP contribution in [0.5, 0.6) is 0 Å². The maximum absolute atomic E-state index is 13.3. The molecule has 148 valence electrons. The van der Waals surface area contributed by atoms with Gasteiger partial charge in [0.15, 0.2) is 5.65 Å². The Hall–Kier alpha value is -3.02. The van der Waals surface area contributed by atoms with E-state index in [1.54, 1.807) is 22.8 Å². The van der Waals surface area contributed by atoms with Gasteiger partial charge < -0.3 is 4.57 Å². The number of rotatable bonds is 2. The Labute approximate surface area is 167 Å². The van der Waals surface area contributed by atoms with E-state index in [0.717, 1.165) is 41.6 Å². The van der Waals surface area contributed by atoms with E-state index in [0.29, 0.717) is 17.0 Å². The van der Waals surface area contributed by atoms with Crippen molar-refractivity contribution < 1.29 is 4.39 Å². The standard InChI is InChI=1S/C23H23FN4O/c1-14-5-3-4-6-19(14)27-12-11-20-18(23(27)29)13-25-22-21(15(2)26-28(20)22)16-7-9-17(24)10-8-16/h7-14,19H,3-6H2,1-2H3. The normalized spacial score (nSPS) is 19.8. The smallest absolute Gasteiger partial charge is 0.261 e. The second kappa shape index (κ2) is 6.79. The summed E-state index contributed by atoms with van der Waals surface area (Å²) in [4.78, 5) is 17.8. The molecule has 0 amide bonds. The van der Waals surface area contributed by atoms with Gasteiger partial charge in [-0.3, -0.25) is 4.79 Å². The third-order valence-corrected chi connectivity index (χ3v) is 6.27. The Balaban J connectivity index is 1.70. The molecule has 1 saturated carbocycles. The molecule has 3 aromatic heterocycles. The van der Waals surface area contributed by atoms with Crippen LogP contribution in [0.3, 0.4) is 0 Å². The zero-order valence-corrected chi connectivity index (χ0v) is 16.6. The topological polar surface area (TPSA) is 52.2 Å². The van der Waals surface area contributed by atoms with Crippen LogP contribution in [0.4, 0.5) is 4.39 Å². The van der Waals surface area contributed by atoms with Crippen molar-refractivity contribution in [2.75, 3.05) is 0 Å². The van der Waals surface area contributed by atoms with Crippen LogP contribution in [-0.2, 0) is 0 Å². The van der Waals surface area contributed by atoms with Gasteiger partial charge in [0.1, 0.15) is 5.82 Å². The molecule has 1 aliphatic carbocycles. The van der Waals surface area contributed by atoms with Crippen molar-refractivity contribution in [2.45, 2.75) is 45.6 Å². The van der Waals surface area contributed by atoms with E-state index in [1.165, 1.54) is 18.6 Å². The van der Waals surface area contributed by atoms with Crippen molar-refractivity contribution in [3.05, 3.63) is 64.6 Å². The highest BCUT2D eigenvalue weighted by Gasteiger charge is 2.24. The fourth-order valence-corrected chi connectivity index (χ4v) is 4.72. The molecule has 0 radical (unpaired) electrons. The zero-order valence-electron chi connectivity index (χ0n) is 16.6. The molecule has 0 N–H and O–H groups in total. The van der Waals surface area contributed by atoms with E-state index in [2.05, 4.69) is 17.0 Å². The van der Waals surface area contributed by atoms with Gasteiger partial charge in [0.2, 0.25) is 0 Å². The molecule has 29 heavy (non-hydrogen) atoms. The van der Waals surface area contributed by atoms with Crippen molar-refractivity contribution in [1.29, 1.82) is 0 Å². The van der Waals surface area contributed by atoms with Gasteiger partial charge in [0.05, 0.1) is 16.6 Å². The maximum Gasteiger partial charge on any atom is 0.261 e. The lowest BCUT2D eigenvalue weighted by molar-refractivity contribution is 0.253. The lowest BCUT2D eigenvalue weighted by Crippen LogP contribution is -2.30. The summed E-state index contributed by atoms with van der Waals surface area (Å²) in [5.74, 6) is 0.214. The minimum Gasteiger partial charge on any atom is -0.312 e. The largest absolute Gasteiger partial charge is 0.312 e. The number of fused-ring (bicyclic) bond motifs is 3. The Morgan fingerprint density at radius 3 is 2.62 bits per heavy atom. The number of nitrogens with zero attached hydrogens (tertiary/aromatic N) is 4. The quantitative estimate of drug-likeness (QED) is 0.489. The van der Waals surface area contributed by atoms with Crippen LogP contribution in [0, 0.1) is 18.7 Å². The minimum atomic E-state index is -0.279. The lowest BCUT2D eigenvalue weighted by Gasteiger charge is -2.30. The van der Waals surface area contributed by atoms with Gasteiger partial charge in [-0.05, 0) is 49.4 Å². The van der Waals surface area contributed by atoms with Crippen LogP contribution in [0.1, 0.15) is 44.3 Å². The molecular weight excluding hydrogens is 367 g/mol. The Bertz CT molecular complexity index is 1270. The van der Waals surface area contributed by atoms with Gasteiger partial charge in [-0.1, -0.05) is 31.9 Å². The maximum atomic E-state index is 13.3. The lowest BCUT2D eigenvalue weighted by atomic mass is 9.85. The first-order valence-corrected chi connectivity index (χ1v) is 10.2. The van der Waals surface area contributed by atoms with Gasteiger partial charge in [0, 0.05) is 24.0 Å². The van der Waals surface area contributed by atoms with E-state index in [9.17, 15) is 9.18 Å². The molecule has 0 bridgehead atoms. The molecule has 1 fully saturated rings. The average molecular weight is 390 g/mol. The number of hydrogen-bond donors (Lipinski definition) is 0. The van der Waals surface area contributed by atoms with Crippen LogP contribution in [0.2, 0.25) is 0 Å². The first-order valence-electron chi connectivity index (χ1n) is 10.2. The van der Waals surface area contributed by atoms with E-state index >= 15 is 0 Å². The van der Waals surface area contributed by atoms with Crippen molar-refractivity contribution in [3.8, 4) is 11.1 Å². The number of aromatic nitrogens is 4. The second-order valence-corrected chi connectivity index (χ2v) is 8.12. The van der Waals surface area contributed by atoms with Gasteiger partial charge >= 0.3 is 0 Å². The number of benzene rings is 1. The van der Waals surface area contributed by atoms with Crippen LogP contribution < -0.4 is 5.56 Å². The van der Waals surface area contributed by atoms with Crippen LogP contribution in [0.15, 0.2) is 47.5 Å². The van der Waals surface area contributed by atoms with Crippen LogP contribution >= 0.6 is 0 Å². The zero-order chi connectivity index (χ0) is 20.1. The third-order valence-electron chi connectivity index (χ3n) is 6.27. The molecule has 2 unspecified atom stereocenters. The number of aryl methyl sites for hydroxylation is 1. The van der Waals surface area contributed by atoms with Crippen LogP contribution in [0.25, 0.3) is 27.7 Å². The summed E-state index contributed by atoms with van der Waals surface area (Å²) in [5, 5.41) is 5.23. The first-order chi connectivity index (χ1) is 14.0. The Kier molecular flexibility index (Phi) is 4.23. The molecule has 0 aliphatic heterocycles. The van der Waals surface area contributed by atoms with E-state index in [-0.39, 0.29) is 17.4 Å². The molecule has 4 aromatic rings. The van der Waals surface area contributed by atoms with Gasteiger partial charge in [0.25, 0.3) is 5.56 Å². The highest BCUT2D eigenvalue weighted by atomic mass is 19.1.